The second-order valence-electron chi connectivity index (χ2n) is 8.25. The number of aromatic nitrogens is 1. The normalized spacial score (nSPS) is 31.3. The molecule has 6 nitrogen and oxygen atoms in total. The number of rotatable bonds is 4. The highest BCUT2D eigenvalue weighted by Gasteiger charge is 2.63. The SMILES string of the molecule is Cc1ccc(N2C[C@@H]3[C@H](CNC(=O)c4occc4C)[C@H]4CC[C@]3(C2)O4)nc1. The van der Waals surface area contributed by atoms with Crippen LogP contribution >= 0.6 is 0 Å². The largest absolute Gasteiger partial charge is 0.459 e. The Bertz CT molecular complexity index is 862. The lowest BCUT2D eigenvalue weighted by atomic mass is 9.73. The molecule has 6 heteroatoms. The van der Waals surface area contributed by atoms with E-state index in [-0.39, 0.29) is 17.6 Å². The maximum Gasteiger partial charge on any atom is 0.287 e. The van der Waals surface area contributed by atoms with Crippen LogP contribution < -0.4 is 10.2 Å². The van der Waals surface area contributed by atoms with E-state index in [1.165, 1.54) is 5.56 Å². The highest BCUT2D eigenvalue weighted by Crippen LogP contribution is 2.55. The van der Waals surface area contributed by atoms with Crippen molar-refractivity contribution in [2.24, 2.45) is 11.8 Å². The van der Waals surface area contributed by atoms with Crippen LogP contribution in [-0.4, -0.2) is 42.2 Å². The maximum atomic E-state index is 12.4. The van der Waals surface area contributed by atoms with Gasteiger partial charge in [-0.2, -0.15) is 0 Å². The van der Waals surface area contributed by atoms with Gasteiger partial charge in [0.05, 0.1) is 18.0 Å². The first-order chi connectivity index (χ1) is 13.1. The van der Waals surface area contributed by atoms with Gasteiger partial charge < -0.3 is 19.4 Å². The Morgan fingerprint density at radius 1 is 1.37 bits per heavy atom. The van der Waals surface area contributed by atoms with Crippen molar-refractivity contribution in [3.63, 3.8) is 0 Å². The van der Waals surface area contributed by atoms with Gasteiger partial charge in [0.2, 0.25) is 0 Å². The van der Waals surface area contributed by atoms with Crippen LogP contribution in [0.1, 0.15) is 34.5 Å². The Kier molecular flexibility index (Phi) is 3.79. The molecule has 3 fully saturated rings. The van der Waals surface area contributed by atoms with Crippen LogP contribution in [0.4, 0.5) is 5.82 Å². The fraction of sp³-hybridized carbons (Fsp3) is 0.524. The van der Waals surface area contributed by atoms with Gasteiger partial charge in [-0.3, -0.25) is 4.79 Å². The van der Waals surface area contributed by atoms with E-state index < -0.39 is 0 Å². The number of carbonyl (C=O) groups excluding carboxylic acids is 1. The van der Waals surface area contributed by atoms with Crippen LogP contribution in [0, 0.1) is 25.7 Å². The summed E-state index contributed by atoms with van der Waals surface area (Å²) >= 11 is 0. The van der Waals surface area contributed by atoms with Crippen molar-refractivity contribution < 1.29 is 13.9 Å². The molecule has 0 aliphatic carbocycles. The van der Waals surface area contributed by atoms with Gasteiger partial charge >= 0.3 is 0 Å². The fourth-order valence-electron chi connectivity index (χ4n) is 5.18. The van der Waals surface area contributed by atoms with Crippen LogP contribution in [0.15, 0.2) is 35.1 Å². The Hall–Kier alpha value is -2.34. The van der Waals surface area contributed by atoms with Crippen LogP contribution in [0.3, 0.4) is 0 Å². The van der Waals surface area contributed by atoms with Crippen molar-refractivity contribution in [3.8, 4) is 0 Å². The zero-order chi connectivity index (χ0) is 18.6. The monoisotopic (exact) mass is 367 g/mol. The fourth-order valence-corrected chi connectivity index (χ4v) is 5.18. The van der Waals surface area contributed by atoms with Crippen molar-refractivity contribution in [2.45, 2.75) is 38.4 Å². The Morgan fingerprint density at radius 3 is 3.00 bits per heavy atom. The minimum atomic E-state index is -0.135. The van der Waals surface area contributed by atoms with Gasteiger partial charge in [-0.1, -0.05) is 6.07 Å². The van der Waals surface area contributed by atoms with Crippen molar-refractivity contribution >= 4 is 11.7 Å². The lowest BCUT2D eigenvalue weighted by Crippen LogP contribution is -2.41. The van der Waals surface area contributed by atoms with Gasteiger partial charge in [0.1, 0.15) is 5.82 Å². The molecule has 5 heterocycles. The smallest absolute Gasteiger partial charge is 0.287 e. The highest BCUT2D eigenvalue weighted by molar-refractivity contribution is 5.92. The molecule has 2 aromatic heterocycles. The highest BCUT2D eigenvalue weighted by atomic mass is 16.5. The van der Waals surface area contributed by atoms with Crippen molar-refractivity contribution in [1.82, 2.24) is 10.3 Å². The Balaban J connectivity index is 1.30. The molecule has 0 aromatic carbocycles. The third-order valence-electron chi connectivity index (χ3n) is 6.57. The van der Waals surface area contributed by atoms with Crippen molar-refractivity contribution in [3.05, 3.63) is 47.5 Å². The van der Waals surface area contributed by atoms with E-state index >= 15 is 0 Å². The van der Waals surface area contributed by atoms with Gasteiger partial charge in [0, 0.05) is 43.2 Å². The van der Waals surface area contributed by atoms with Gasteiger partial charge in [0.15, 0.2) is 5.76 Å². The first-order valence-electron chi connectivity index (χ1n) is 9.73. The number of aryl methyl sites for hydroxylation is 2. The van der Waals surface area contributed by atoms with E-state index in [4.69, 9.17) is 9.15 Å². The summed E-state index contributed by atoms with van der Waals surface area (Å²) in [6.45, 7) is 6.40. The summed E-state index contributed by atoms with van der Waals surface area (Å²) in [5, 5.41) is 3.08. The minimum absolute atomic E-state index is 0.0762. The summed E-state index contributed by atoms with van der Waals surface area (Å²) < 4.78 is 11.8. The van der Waals surface area contributed by atoms with Crippen molar-refractivity contribution in [1.29, 1.82) is 0 Å². The summed E-state index contributed by atoms with van der Waals surface area (Å²) in [6.07, 6.45) is 5.91. The summed E-state index contributed by atoms with van der Waals surface area (Å²) in [5.41, 5.74) is 1.96. The van der Waals surface area contributed by atoms with E-state index in [1.807, 2.05) is 19.2 Å². The average molecular weight is 367 g/mol. The summed E-state index contributed by atoms with van der Waals surface area (Å²) in [5.74, 6) is 2.06. The molecule has 3 aliphatic rings. The Morgan fingerprint density at radius 2 is 2.26 bits per heavy atom. The van der Waals surface area contributed by atoms with Gasteiger partial charge in [-0.05, 0) is 44.4 Å². The lowest BCUT2D eigenvalue weighted by Gasteiger charge is -2.29. The Labute approximate surface area is 158 Å². The number of anilines is 1. The number of amides is 1. The van der Waals surface area contributed by atoms with E-state index in [1.54, 1.807) is 6.26 Å². The maximum absolute atomic E-state index is 12.4. The molecule has 3 aliphatic heterocycles. The number of ether oxygens (including phenoxy) is 1. The second kappa shape index (κ2) is 6.09. The average Bonchev–Trinajstić information content (AvgIpc) is 3.40. The number of fused-ring (bicyclic) bond motifs is 1. The molecule has 0 unspecified atom stereocenters. The molecule has 2 aromatic rings. The van der Waals surface area contributed by atoms with Crippen LogP contribution in [0.25, 0.3) is 0 Å². The first-order valence-corrected chi connectivity index (χ1v) is 9.73. The molecule has 4 atom stereocenters. The third kappa shape index (κ3) is 2.65. The number of furan rings is 1. The number of pyridine rings is 1. The zero-order valence-electron chi connectivity index (χ0n) is 15.8. The van der Waals surface area contributed by atoms with Gasteiger partial charge in [0.25, 0.3) is 5.91 Å². The summed E-state index contributed by atoms with van der Waals surface area (Å²) in [7, 11) is 0. The molecule has 1 N–H and O–H groups in total. The van der Waals surface area contributed by atoms with E-state index in [9.17, 15) is 4.79 Å². The third-order valence-corrected chi connectivity index (χ3v) is 6.57. The number of nitrogens with zero attached hydrogens (tertiary/aromatic N) is 2. The zero-order valence-corrected chi connectivity index (χ0v) is 15.8. The number of hydrogen-bond acceptors (Lipinski definition) is 5. The molecular weight excluding hydrogens is 342 g/mol. The van der Waals surface area contributed by atoms with Gasteiger partial charge in [-0.25, -0.2) is 4.98 Å². The molecule has 2 bridgehead atoms. The summed E-state index contributed by atoms with van der Waals surface area (Å²) in [4.78, 5) is 19.4. The van der Waals surface area contributed by atoms with E-state index in [0.717, 1.165) is 37.3 Å². The molecule has 0 radical (unpaired) electrons. The molecular formula is C21H25N3O3. The standard InChI is InChI=1S/C21H25N3O3/c1-13-3-4-18(22-9-13)24-11-16-15(17-5-7-21(16,12-24)27-17)10-23-20(25)19-14(2)6-8-26-19/h3-4,6,8-9,15-17H,5,7,10-12H2,1-2H3,(H,23,25)/t15-,16+,17+,21+/m0/s1. The molecule has 0 saturated carbocycles. The molecule has 27 heavy (non-hydrogen) atoms. The molecule has 142 valence electrons. The minimum Gasteiger partial charge on any atom is -0.459 e. The van der Waals surface area contributed by atoms with Crippen LogP contribution in [0.2, 0.25) is 0 Å². The summed E-state index contributed by atoms with van der Waals surface area (Å²) in [6, 6.07) is 6.01. The molecule has 1 spiro atoms. The topological polar surface area (TPSA) is 67.6 Å². The predicted molar refractivity (Wildman–Crippen MR) is 101 cm³/mol. The molecule has 1 amide bonds. The number of hydrogen-bond donors (Lipinski definition) is 1. The van der Waals surface area contributed by atoms with E-state index in [0.29, 0.717) is 24.1 Å². The second-order valence-corrected chi connectivity index (χ2v) is 8.25. The number of carbonyl (C=O) groups is 1. The van der Waals surface area contributed by atoms with Gasteiger partial charge in [-0.15, -0.1) is 0 Å². The van der Waals surface area contributed by atoms with E-state index in [2.05, 4.69) is 34.3 Å². The molecule has 5 rings (SSSR count). The number of nitrogens with one attached hydrogen (secondary N) is 1. The van der Waals surface area contributed by atoms with Crippen LogP contribution in [-0.2, 0) is 4.74 Å². The lowest BCUT2D eigenvalue weighted by molar-refractivity contribution is 0.0141. The quantitative estimate of drug-likeness (QED) is 0.900. The van der Waals surface area contributed by atoms with Crippen molar-refractivity contribution in [2.75, 3.05) is 24.5 Å². The first kappa shape index (κ1) is 16.8. The van der Waals surface area contributed by atoms with Crippen LogP contribution in [0.5, 0.6) is 0 Å². The predicted octanol–water partition coefficient (Wildman–Crippen LogP) is 2.71. The molecule has 3 saturated heterocycles.